The second-order valence-electron chi connectivity index (χ2n) is 5.15. The van der Waals surface area contributed by atoms with Crippen molar-refractivity contribution in [1.82, 2.24) is 14.7 Å². The predicted octanol–water partition coefficient (Wildman–Crippen LogP) is 0.457. The van der Waals surface area contributed by atoms with Crippen molar-refractivity contribution in [3.8, 4) is 0 Å². The molecule has 3 amide bonds. The van der Waals surface area contributed by atoms with Crippen LogP contribution in [0.4, 0.5) is 4.79 Å². The molecule has 0 aromatic heterocycles. The number of likely N-dealkylation sites (tertiary alicyclic amines) is 1. The summed E-state index contributed by atoms with van der Waals surface area (Å²) in [5.41, 5.74) is 0. The van der Waals surface area contributed by atoms with Gasteiger partial charge in [-0.05, 0) is 19.3 Å². The summed E-state index contributed by atoms with van der Waals surface area (Å²) in [5.74, 6) is -0.902. The summed E-state index contributed by atoms with van der Waals surface area (Å²) in [5, 5.41) is 8.55. The minimum Gasteiger partial charge on any atom is -0.481 e. The van der Waals surface area contributed by atoms with E-state index in [1.165, 1.54) is 9.80 Å². The van der Waals surface area contributed by atoms with Crippen LogP contribution in [0, 0.1) is 0 Å². The number of hydrogen-bond acceptors (Lipinski definition) is 3. The lowest BCUT2D eigenvalue weighted by atomic mass is 10.3. The molecule has 0 saturated carbocycles. The minimum atomic E-state index is -0.872. The van der Waals surface area contributed by atoms with E-state index in [0.29, 0.717) is 13.0 Å². The third-order valence-electron chi connectivity index (χ3n) is 3.37. The molecule has 0 spiro atoms. The number of carboxylic acids is 1. The van der Waals surface area contributed by atoms with Crippen LogP contribution in [0.3, 0.4) is 0 Å². The average Bonchev–Trinajstić information content (AvgIpc) is 2.90. The molecule has 0 bridgehead atoms. The second-order valence-corrected chi connectivity index (χ2v) is 5.15. The van der Waals surface area contributed by atoms with Gasteiger partial charge in [-0.1, -0.05) is 0 Å². The Morgan fingerprint density at radius 3 is 2.25 bits per heavy atom. The number of carbonyl (C=O) groups is 3. The lowest BCUT2D eigenvalue weighted by Gasteiger charge is -2.26. The zero-order valence-corrected chi connectivity index (χ0v) is 12.2. The summed E-state index contributed by atoms with van der Waals surface area (Å²) in [7, 11) is 3.20. The number of carboxylic acid groups (broad SMARTS) is 1. The number of carbonyl (C=O) groups excluding carboxylic acids is 2. The number of aliphatic carboxylic acids is 1. The lowest BCUT2D eigenvalue weighted by Crippen LogP contribution is -2.45. The number of amides is 3. The van der Waals surface area contributed by atoms with Crippen LogP contribution in [0.5, 0.6) is 0 Å². The predicted molar refractivity (Wildman–Crippen MR) is 73.3 cm³/mol. The molecule has 0 unspecified atom stereocenters. The van der Waals surface area contributed by atoms with E-state index >= 15 is 0 Å². The molecule has 1 rings (SSSR count). The lowest BCUT2D eigenvalue weighted by molar-refractivity contribution is -0.137. The minimum absolute atomic E-state index is 0.0303. The second kappa shape index (κ2) is 7.72. The van der Waals surface area contributed by atoms with Crippen molar-refractivity contribution in [3.05, 3.63) is 0 Å². The van der Waals surface area contributed by atoms with Crippen LogP contribution >= 0.6 is 0 Å². The average molecular weight is 285 g/mol. The highest BCUT2D eigenvalue weighted by atomic mass is 16.4. The number of rotatable bonds is 6. The molecule has 1 heterocycles. The first kappa shape index (κ1) is 16.3. The Balaban J connectivity index is 2.33. The molecule has 7 nitrogen and oxygen atoms in total. The Bertz CT molecular complexity index is 367. The van der Waals surface area contributed by atoms with Crippen LogP contribution in [0.15, 0.2) is 0 Å². The summed E-state index contributed by atoms with van der Waals surface area (Å²) in [6.45, 7) is 1.99. The molecule has 1 saturated heterocycles. The van der Waals surface area contributed by atoms with Crippen molar-refractivity contribution in [2.45, 2.75) is 25.7 Å². The Kier molecular flexibility index (Phi) is 6.27. The standard InChI is InChI=1S/C13H23N3O4/c1-14(7-5-6-12(18)19)13(20)15(2)10-11(17)16-8-3-4-9-16/h3-10H2,1-2H3,(H,18,19). The van der Waals surface area contributed by atoms with Gasteiger partial charge in [0.25, 0.3) is 0 Å². The van der Waals surface area contributed by atoms with E-state index in [1.54, 1.807) is 19.0 Å². The fraction of sp³-hybridized carbons (Fsp3) is 0.769. The molecule has 1 aliphatic rings. The summed E-state index contributed by atoms with van der Waals surface area (Å²) in [4.78, 5) is 38.9. The van der Waals surface area contributed by atoms with Gasteiger partial charge in [0.2, 0.25) is 5.91 Å². The quantitative estimate of drug-likeness (QED) is 0.768. The maximum atomic E-state index is 12.0. The van der Waals surface area contributed by atoms with Gasteiger partial charge in [-0.3, -0.25) is 9.59 Å². The largest absolute Gasteiger partial charge is 0.481 e. The third kappa shape index (κ3) is 5.07. The van der Waals surface area contributed by atoms with Gasteiger partial charge in [0.05, 0.1) is 0 Å². The van der Waals surface area contributed by atoms with Crippen molar-refractivity contribution >= 4 is 17.9 Å². The van der Waals surface area contributed by atoms with Gasteiger partial charge in [-0.15, -0.1) is 0 Å². The molecule has 0 aliphatic carbocycles. The highest BCUT2D eigenvalue weighted by molar-refractivity contribution is 5.84. The van der Waals surface area contributed by atoms with Crippen LogP contribution in [0.25, 0.3) is 0 Å². The third-order valence-corrected chi connectivity index (χ3v) is 3.37. The van der Waals surface area contributed by atoms with Gasteiger partial charge in [0.15, 0.2) is 0 Å². The molecule has 0 radical (unpaired) electrons. The molecular formula is C13H23N3O4. The van der Waals surface area contributed by atoms with Crippen LogP contribution in [-0.4, -0.2) is 78.0 Å². The number of nitrogens with zero attached hydrogens (tertiary/aromatic N) is 3. The van der Waals surface area contributed by atoms with Gasteiger partial charge in [-0.25, -0.2) is 4.79 Å². The van der Waals surface area contributed by atoms with Crippen LogP contribution in [0.2, 0.25) is 0 Å². The zero-order chi connectivity index (χ0) is 15.1. The monoisotopic (exact) mass is 285 g/mol. The normalized spacial score (nSPS) is 14.2. The maximum Gasteiger partial charge on any atom is 0.319 e. The number of urea groups is 1. The van der Waals surface area contributed by atoms with Crippen molar-refractivity contribution in [3.63, 3.8) is 0 Å². The van der Waals surface area contributed by atoms with E-state index in [9.17, 15) is 14.4 Å². The molecular weight excluding hydrogens is 262 g/mol. The van der Waals surface area contributed by atoms with Gasteiger partial charge in [-0.2, -0.15) is 0 Å². The smallest absolute Gasteiger partial charge is 0.319 e. The molecule has 114 valence electrons. The first-order valence-corrected chi connectivity index (χ1v) is 6.87. The van der Waals surface area contributed by atoms with Crippen molar-refractivity contribution in [2.24, 2.45) is 0 Å². The Labute approximate surface area is 119 Å². The Morgan fingerprint density at radius 2 is 1.70 bits per heavy atom. The Morgan fingerprint density at radius 1 is 1.10 bits per heavy atom. The molecule has 1 aliphatic heterocycles. The molecule has 0 aromatic rings. The SMILES string of the molecule is CN(CCCC(=O)O)C(=O)N(C)CC(=O)N1CCCC1. The summed E-state index contributed by atoms with van der Waals surface area (Å²) >= 11 is 0. The van der Waals surface area contributed by atoms with E-state index in [4.69, 9.17) is 5.11 Å². The summed E-state index contributed by atoms with van der Waals surface area (Å²) in [6.07, 6.45) is 2.50. The van der Waals surface area contributed by atoms with Crippen LogP contribution in [0.1, 0.15) is 25.7 Å². The molecule has 0 atom stereocenters. The molecule has 1 N–H and O–H groups in total. The number of hydrogen-bond donors (Lipinski definition) is 1. The van der Waals surface area contributed by atoms with Crippen molar-refractivity contribution in [2.75, 3.05) is 40.3 Å². The van der Waals surface area contributed by atoms with Crippen molar-refractivity contribution < 1.29 is 19.5 Å². The highest BCUT2D eigenvalue weighted by Crippen LogP contribution is 2.08. The van der Waals surface area contributed by atoms with Gasteiger partial charge in [0, 0.05) is 40.2 Å². The van der Waals surface area contributed by atoms with E-state index in [1.807, 2.05) is 0 Å². The molecule has 7 heteroatoms. The molecule has 0 aromatic carbocycles. The maximum absolute atomic E-state index is 12.0. The highest BCUT2D eigenvalue weighted by Gasteiger charge is 2.22. The van der Waals surface area contributed by atoms with E-state index in [2.05, 4.69) is 0 Å². The molecule has 1 fully saturated rings. The first-order valence-electron chi connectivity index (χ1n) is 6.87. The number of likely N-dealkylation sites (N-methyl/N-ethyl adjacent to an activating group) is 1. The summed E-state index contributed by atoms with van der Waals surface area (Å²) in [6, 6.07) is -0.261. The first-order chi connectivity index (χ1) is 9.41. The van der Waals surface area contributed by atoms with E-state index in [-0.39, 0.29) is 24.9 Å². The van der Waals surface area contributed by atoms with E-state index in [0.717, 1.165) is 25.9 Å². The topological polar surface area (TPSA) is 81.2 Å². The fourth-order valence-corrected chi connectivity index (χ4v) is 2.19. The fourth-order valence-electron chi connectivity index (χ4n) is 2.19. The zero-order valence-electron chi connectivity index (χ0n) is 12.2. The van der Waals surface area contributed by atoms with Gasteiger partial charge < -0.3 is 19.8 Å². The Hall–Kier alpha value is -1.79. The van der Waals surface area contributed by atoms with Gasteiger partial charge in [0.1, 0.15) is 6.54 Å². The van der Waals surface area contributed by atoms with Crippen molar-refractivity contribution in [1.29, 1.82) is 0 Å². The van der Waals surface area contributed by atoms with E-state index < -0.39 is 5.97 Å². The van der Waals surface area contributed by atoms with Crippen LogP contribution < -0.4 is 0 Å². The van der Waals surface area contributed by atoms with Crippen LogP contribution in [-0.2, 0) is 9.59 Å². The summed E-state index contributed by atoms with van der Waals surface area (Å²) < 4.78 is 0. The van der Waals surface area contributed by atoms with Gasteiger partial charge >= 0.3 is 12.0 Å². The molecule has 20 heavy (non-hydrogen) atoms.